The Balaban J connectivity index is 1.56. The zero-order valence-electron chi connectivity index (χ0n) is 11.9. The maximum absolute atomic E-state index is 8.91. The molecular formula is C15H26N2O2. The number of nitrogens with one attached hydrogen (secondary N) is 1. The van der Waals surface area contributed by atoms with Crippen molar-refractivity contribution in [3.8, 4) is 0 Å². The molecule has 1 aromatic rings. The van der Waals surface area contributed by atoms with Gasteiger partial charge in [-0.25, -0.2) is 0 Å². The molecule has 0 spiro atoms. The van der Waals surface area contributed by atoms with Gasteiger partial charge in [0.25, 0.3) is 0 Å². The summed E-state index contributed by atoms with van der Waals surface area (Å²) in [7, 11) is 0. The smallest absolute Gasteiger partial charge is 0.129 e. The van der Waals surface area contributed by atoms with E-state index < -0.39 is 0 Å². The van der Waals surface area contributed by atoms with Crippen molar-refractivity contribution in [3.05, 3.63) is 23.7 Å². The van der Waals surface area contributed by atoms with Crippen LogP contribution in [0.3, 0.4) is 0 Å². The van der Waals surface area contributed by atoms with Gasteiger partial charge in [-0.15, -0.1) is 0 Å². The molecule has 1 aromatic heterocycles. The van der Waals surface area contributed by atoms with Gasteiger partial charge in [-0.05, 0) is 58.0 Å². The molecule has 1 fully saturated rings. The maximum atomic E-state index is 8.91. The van der Waals surface area contributed by atoms with E-state index in [0.717, 1.165) is 24.9 Å². The third kappa shape index (κ3) is 4.64. The van der Waals surface area contributed by atoms with Crippen LogP contribution in [0.4, 0.5) is 0 Å². The molecule has 19 heavy (non-hydrogen) atoms. The summed E-state index contributed by atoms with van der Waals surface area (Å²) in [5.41, 5.74) is 0. The molecule has 1 aliphatic heterocycles. The van der Waals surface area contributed by atoms with E-state index in [1.165, 1.54) is 38.8 Å². The Kier molecular flexibility index (Phi) is 5.89. The highest BCUT2D eigenvalue weighted by molar-refractivity contribution is 5.05. The molecule has 108 valence electrons. The Morgan fingerprint density at radius 1 is 1.37 bits per heavy atom. The molecular weight excluding hydrogens is 240 g/mol. The molecule has 2 heterocycles. The van der Waals surface area contributed by atoms with Crippen LogP contribution >= 0.6 is 0 Å². The summed E-state index contributed by atoms with van der Waals surface area (Å²) >= 11 is 0. The summed E-state index contributed by atoms with van der Waals surface area (Å²) in [6.45, 7) is 6.53. The van der Waals surface area contributed by atoms with E-state index in [1.54, 1.807) is 0 Å². The van der Waals surface area contributed by atoms with Crippen molar-refractivity contribution in [2.45, 2.75) is 51.8 Å². The van der Waals surface area contributed by atoms with E-state index >= 15 is 0 Å². The van der Waals surface area contributed by atoms with Crippen LogP contribution in [-0.2, 0) is 13.2 Å². The van der Waals surface area contributed by atoms with Crippen LogP contribution in [0, 0.1) is 0 Å². The number of aliphatic hydroxyl groups is 1. The molecule has 0 aromatic carbocycles. The number of hydrogen-bond acceptors (Lipinski definition) is 4. The lowest BCUT2D eigenvalue weighted by atomic mass is 10.0. The largest absolute Gasteiger partial charge is 0.462 e. The first-order valence-electron chi connectivity index (χ1n) is 7.43. The minimum absolute atomic E-state index is 0.0210. The highest BCUT2D eigenvalue weighted by atomic mass is 16.4. The Labute approximate surface area is 115 Å². The first-order valence-corrected chi connectivity index (χ1v) is 7.43. The van der Waals surface area contributed by atoms with Crippen molar-refractivity contribution in [1.29, 1.82) is 0 Å². The van der Waals surface area contributed by atoms with Gasteiger partial charge in [-0.1, -0.05) is 6.42 Å². The summed E-state index contributed by atoms with van der Waals surface area (Å²) < 4.78 is 5.42. The zero-order valence-corrected chi connectivity index (χ0v) is 11.9. The zero-order chi connectivity index (χ0) is 13.5. The van der Waals surface area contributed by atoms with Crippen molar-refractivity contribution in [1.82, 2.24) is 10.2 Å². The molecule has 1 unspecified atom stereocenters. The molecule has 1 aliphatic rings. The monoisotopic (exact) mass is 266 g/mol. The summed E-state index contributed by atoms with van der Waals surface area (Å²) in [6.07, 6.45) is 5.28. The van der Waals surface area contributed by atoms with E-state index in [9.17, 15) is 0 Å². The summed E-state index contributed by atoms with van der Waals surface area (Å²) in [4.78, 5) is 2.60. The van der Waals surface area contributed by atoms with Crippen molar-refractivity contribution in [2.24, 2.45) is 0 Å². The third-order valence-corrected chi connectivity index (χ3v) is 3.91. The van der Waals surface area contributed by atoms with Crippen LogP contribution in [0.15, 0.2) is 16.5 Å². The van der Waals surface area contributed by atoms with Gasteiger partial charge in [0.15, 0.2) is 0 Å². The lowest BCUT2D eigenvalue weighted by Crippen LogP contribution is -2.38. The highest BCUT2D eigenvalue weighted by Gasteiger charge is 2.16. The van der Waals surface area contributed by atoms with Crippen molar-refractivity contribution in [2.75, 3.05) is 19.6 Å². The van der Waals surface area contributed by atoms with Crippen molar-refractivity contribution < 1.29 is 9.52 Å². The molecule has 1 saturated heterocycles. The number of rotatable bonds is 7. The molecule has 2 N–H and O–H groups in total. The van der Waals surface area contributed by atoms with E-state index in [1.807, 2.05) is 12.1 Å². The van der Waals surface area contributed by atoms with E-state index in [2.05, 4.69) is 17.1 Å². The van der Waals surface area contributed by atoms with Gasteiger partial charge in [0, 0.05) is 6.04 Å². The summed E-state index contributed by atoms with van der Waals surface area (Å²) in [5, 5.41) is 12.3. The highest BCUT2D eigenvalue weighted by Crippen LogP contribution is 2.16. The number of piperidine rings is 1. The Bertz CT molecular complexity index is 365. The molecule has 0 saturated carbocycles. The van der Waals surface area contributed by atoms with Crippen LogP contribution in [-0.4, -0.2) is 35.7 Å². The van der Waals surface area contributed by atoms with Gasteiger partial charge in [0.2, 0.25) is 0 Å². The number of nitrogens with zero attached hydrogens (tertiary/aromatic N) is 1. The molecule has 0 radical (unpaired) electrons. The van der Waals surface area contributed by atoms with Crippen LogP contribution in [0.25, 0.3) is 0 Å². The molecule has 0 aliphatic carbocycles. The summed E-state index contributed by atoms with van der Waals surface area (Å²) in [6, 6.07) is 4.50. The number of furan rings is 1. The van der Waals surface area contributed by atoms with Gasteiger partial charge >= 0.3 is 0 Å². The molecule has 2 rings (SSSR count). The number of likely N-dealkylation sites (tertiary alicyclic amines) is 1. The van der Waals surface area contributed by atoms with Crippen LogP contribution in [0.2, 0.25) is 0 Å². The number of hydrogen-bond donors (Lipinski definition) is 2. The second-order valence-electron chi connectivity index (χ2n) is 5.44. The van der Waals surface area contributed by atoms with E-state index in [-0.39, 0.29) is 6.61 Å². The first kappa shape index (κ1) is 14.6. The lowest BCUT2D eigenvalue weighted by Gasteiger charge is -2.33. The maximum Gasteiger partial charge on any atom is 0.129 e. The second-order valence-corrected chi connectivity index (χ2v) is 5.44. The average molecular weight is 266 g/mol. The Morgan fingerprint density at radius 3 is 2.95 bits per heavy atom. The molecule has 4 nitrogen and oxygen atoms in total. The minimum atomic E-state index is -0.0210. The molecule has 0 bridgehead atoms. The van der Waals surface area contributed by atoms with Crippen molar-refractivity contribution in [3.63, 3.8) is 0 Å². The van der Waals surface area contributed by atoms with Crippen molar-refractivity contribution >= 4 is 0 Å². The third-order valence-electron chi connectivity index (χ3n) is 3.91. The predicted molar refractivity (Wildman–Crippen MR) is 75.8 cm³/mol. The van der Waals surface area contributed by atoms with Gasteiger partial charge in [0.05, 0.1) is 6.54 Å². The average Bonchev–Trinajstić information content (AvgIpc) is 2.88. The van der Waals surface area contributed by atoms with Gasteiger partial charge in [0.1, 0.15) is 18.1 Å². The second kappa shape index (κ2) is 7.68. The van der Waals surface area contributed by atoms with E-state index in [0.29, 0.717) is 5.76 Å². The predicted octanol–water partition coefficient (Wildman–Crippen LogP) is 2.13. The van der Waals surface area contributed by atoms with Crippen LogP contribution in [0.5, 0.6) is 0 Å². The normalized spacial score (nSPS) is 20.8. The number of aliphatic hydroxyl groups excluding tert-OH is 1. The van der Waals surface area contributed by atoms with Gasteiger partial charge in [-0.2, -0.15) is 0 Å². The lowest BCUT2D eigenvalue weighted by molar-refractivity contribution is 0.158. The van der Waals surface area contributed by atoms with Crippen LogP contribution in [0.1, 0.15) is 44.1 Å². The van der Waals surface area contributed by atoms with Gasteiger partial charge < -0.3 is 19.7 Å². The fourth-order valence-electron chi connectivity index (χ4n) is 2.71. The standard InChI is InChI=1S/C15H26N2O2/c1-13-5-2-3-9-17(13)10-4-8-16-11-14-6-7-15(12-18)19-14/h6-7,13,16,18H,2-5,8-12H2,1H3. The Morgan fingerprint density at radius 2 is 2.21 bits per heavy atom. The van der Waals surface area contributed by atoms with Crippen LogP contribution < -0.4 is 5.32 Å². The van der Waals surface area contributed by atoms with E-state index in [4.69, 9.17) is 9.52 Å². The fraction of sp³-hybridized carbons (Fsp3) is 0.733. The first-order chi connectivity index (χ1) is 9.29. The Hall–Kier alpha value is -0.840. The SMILES string of the molecule is CC1CCCCN1CCCNCc1ccc(CO)o1. The molecule has 1 atom stereocenters. The summed E-state index contributed by atoms with van der Waals surface area (Å²) in [5.74, 6) is 1.54. The fourth-order valence-corrected chi connectivity index (χ4v) is 2.71. The van der Waals surface area contributed by atoms with Gasteiger partial charge in [-0.3, -0.25) is 0 Å². The quantitative estimate of drug-likeness (QED) is 0.742. The molecule has 4 heteroatoms. The topological polar surface area (TPSA) is 48.6 Å². The molecule has 0 amide bonds. The minimum Gasteiger partial charge on any atom is -0.462 e.